The third-order valence-corrected chi connectivity index (χ3v) is 15.5. The number of pyridine rings is 1. The molecule has 0 aliphatic carbocycles. The third kappa shape index (κ3) is 8.64. The van der Waals surface area contributed by atoms with E-state index in [1.165, 1.54) is 60.7 Å². The van der Waals surface area contributed by atoms with Gasteiger partial charge in [0.25, 0.3) is 6.33 Å². The SMILES string of the molecule is [2H]C([2H])([2H])c1cccc(C([2H])([2H])[2H])c1-c1cc2c(c(-c3c(C([2H])([2H])[2H])cccc3C([2H])([2H])[2H])c1)-[n+]1[c-]n(-c3[c-]c(Oc4[c-]c5c(cc4)c4ccccc4n5-c4cc(C(C)(C)C)ccn4)ccc3)c3cc(-c4c(C([2H])([2H])[2H])cccc4C([2H])([2H])[2H])cc(c31)-c1ccccc1-c1ccccc1-2.[Pt]. The van der Waals surface area contributed by atoms with E-state index < -0.39 is 52.2 Å². The molecule has 0 fully saturated rings. The van der Waals surface area contributed by atoms with E-state index in [1.54, 1.807) is 76.0 Å². The van der Waals surface area contributed by atoms with Gasteiger partial charge in [0, 0.05) is 69.0 Å². The summed E-state index contributed by atoms with van der Waals surface area (Å²) in [6, 6.07) is 61.0. The molecule has 0 saturated carbocycles. The molecule has 1 aliphatic heterocycles. The molecule has 0 radical (unpaired) electrons. The van der Waals surface area contributed by atoms with Crippen LogP contribution in [0.15, 0.2) is 200 Å². The number of rotatable bonds is 7. The molecule has 4 heterocycles. The standard InChI is InChI=1S/C76H60N4O.Pt/c1-46-20-16-21-47(2)71(46)52-38-64-60-30-12-10-28-58(60)59-29-11-13-31-61(59)65-39-53(72-48(3)22-17-23-49(72)4)41-69-75(65)79(74(64)66(40-52)73-50(5)24-18-25-51(73)6)45-78(69)55-26-19-27-56(43-55)81-57-34-35-63-62-32-14-15-33-67(62)80(68(63)44-57)70-42-54(36-37-77-70)76(7,8)9;/h10-42H,1-9H3;/q-2;/i1D3,2D3,3D3,4D3,5D3,6D3;. The molecular weight excluding hydrogens is 1180 g/mol. The van der Waals surface area contributed by atoms with Crippen molar-refractivity contribution >= 4 is 32.8 Å². The van der Waals surface area contributed by atoms with Crippen LogP contribution < -0.4 is 9.30 Å². The molecule has 0 saturated heterocycles. The van der Waals surface area contributed by atoms with Crippen molar-refractivity contribution in [3.8, 4) is 95.5 Å². The Balaban J connectivity index is 0.00000896. The second-order valence-corrected chi connectivity index (χ2v) is 21.5. The van der Waals surface area contributed by atoms with Gasteiger partial charge in [-0.1, -0.05) is 154 Å². The van der Waals surface area contributed by atoms with Crippen LogP contribution in [0, 0.1) is 59.6 Å². The molecule has 14 rings (SSSR count). The zero-order valence-electron chi connectivity index (χ0n) is 62.6. The first-order valence-electron chi connectivity index (χ1n) is 35.5. The molecular formula is C76H60N4OPt-2. The third-order valence-electron chi connectivity index (χ3n) is 15.5. The Morgan fingerprint density at radius 3 is 1.65 bits per heavy atom. The van der Waals surface area contributed by atoms with E-state index in [2.05, 4.69) is 45.3 Å². The van der Waals surface area contributed by atoms with Gasteiger partial charge in [-0.15, -0.1) is 29.7 Å². The number of ether oxygens (including phenoxy) is 1. The fraction of sp³-hybridized carbons (Fsp3) is 0.132. The van der Waals surface area contributed by atoms with Gasteiger partial charge in [-0.3, -0.25) is 4.57 Å². The number of para-hydroxylation sites is 1. The van der Waals surface area contributed by atoms with Crippen LogP contribution in [0.1, 0.15) is 84.4 Å². The Hall–Kier alpha value is -8.89. The molecule has 5 nitrogen and oxygen atoms in total. The average molecular weight is 1260 g/mol. The van der Waals surface area contributed by atoms with Gasteiger partial charge in [0.15, 0.2) is 0 Å². The number of benzene rings is 10. The first-order chi connectivity index (χ1) is 46.6. The molecule has 1 aliphatic rings. The minimum absolute atomic E-state index is 0. The van der Waals surface area contributed by atoms with Crippen LogP contribution in [-0.2, 0) is 26.5 Å². The summed E-state index contributed by atoms with van der Waals surface area (Å²) in [6.45, 7) is -11.3. The minimum atomic E-state index is -3.03. The van der Waals surface area contributed by atoms with Gasteiger partial charge in [0.1, 0.15) is 5.82 Å². The number of imidazole rings is 1. The minimum Gasteiger partial charge on any atom is -0.510 e. The monoisotopic (exact) mass is 1260 g/mol. The molecule has 0 N–H and O–H groups in total. The molecule has 0 amide bonds. The Labute approximate surface area is 520 Å². The largest absolute Gasteiger partial charge is 0.510 e. The van der Waals surface area contributed by atoms with Crippen LogP contribution >= 0.6 is 0 Å². The van der Waals surface area contributed by atoms with Crippen molar-refractivity contribution in [3.05, 3.63) is 258 Å². The van der Waals surface area contributed by atoms with Crippen LogP contribution in [0.3, 0.4) is 0 Å². The normalized spacial score (nSPS) is 16.0. The van der Waals surface area contributed by atoms with Crippen LogP contribution in [0.4, 0.5) is 0 Å². The van der Waals surface area contributed by atoms with E-state index >= 15 is 0 Å². The molecule has 6 heteroatoms. The van der Waals surface area contributed by atoms with Gasteiger partial charge < -0.3 is 13.9 Å². The summed E-state index contributed by atoms with van der Waals surface area (Å²) in [4.78, 5) is 4.85. The van der Waals surface area contributed by atoms with Crippen molar-refractivity contribution in [1.82, 2.24) is 14.1 Å². The van der Waals surface area contributed by atoms with Crippen LogP contribution in [0.2, 0.25) is 0 Å². The summed E-state index contributed by atoms with van der Waals surface area (Å²) in [5.74, 6) is 1.17. The number of aryl methyl sites for hydroxylation is 6. The van der Waals surface area contributed by atoms with Crippen molar-refractivity contribution in [2.45, 2.75) is 67.3 Å². The maximum Gasteiger partial charge on any atom is 0.268 e. The molecule has 10 aromatic carbocycles. The van der Waals surface area contributed by atoms with Crippen molar-refractivity contribution in [3.63, 3.8) is 0 Å². The van der Waals surface area contributed by atoms with Crippen LogP contribution in [-0.4, -0.2) is 14.1 Å². The summed E-state index contributed by atoms with van der Waals surface area (Å²) in [7, 11) is 0. The second-order valence-electron chi connectivity index (χ2n) is 21.5. The smallest absolute Gasteiger partial charge is 0.268 e. The topological polar surface area (TPSA) is 35.9 Å². The molecule has 0 atom stereocenters. The summed E-state index contributed by atoms with van der Waals surface area (Å²) in [6.07, 6.45) is 5.39. The maximum absolute atomic E-state index is 9.17. The number of aromatic nitrogens is 4. The Morgan fingerprint density at radius 1 is 0.476 bits per heavy atom. The predicted octanol–water partition coefficient (Wildman–Crippen LogP) is 19.1. The molecule has 0 spiro atoms. The van der Waals surface area contributed by atoms with Gasteiger partial charge in [-0.25, -0.2) is 4.98 Å². The van der Waals surface area contributed by atoms with Gasteiger partial charge in [-0.2, -0.15) is 18.2 Å². The first kappa shape index (κ1) is 35.8. The Bertz CT molecular complexity index is 5360. The quantitative estimate of drug-likeness (QED) is 0.118. The summed E-state index contributed by atoms with van der Waals surface area (Å²) in [5.41, 5.74) is 3.53. The van der Waals surface area contributed by atoms with Gasteiger partial charge >= 0.3 is 0 Å². The van der Waals surface area contributed by atoms with E-state index in [4.69, 9.17) is 26.2 Å². The average Bonchev–Trinajstić information content (AvgIpc) is 1.49. The maximum atomic E-state index is 9.17. The van der Waals surface area contributed by atoms with Crippen LogP contribution in [0.5, 0.6) is 11.5 Å². The number of nitrogens with zero attached hydrogens (tertiary/aromatic N) is 4. The fourth-order valence-electron chi connectivity index (χ4n) is 11.7. The van der Waals surface area contributed by atoms with Crippen molar-refractivity contribution in [2.75, 3.05) is 0 Å². The zero-order valence-corrected chi connectivity index (χ0v) is 46.8. The van der Waals surface area contributed by atoms with E-state index in [0.29, 0.717) is 50.4 Å². The molecule has 0 unspecified atom stereocenters. The number of hydrogen-bond donors (Lipinski definition) is 0. The van der Waals surface area contributed by atoms with E-state index in [1.807, 2.05) is 71.3 Å². The van der Waals surface area contributed by atoms with Crippen molar-refractivity contribution < 1.29 is 55.0 Å². The number of fused-ring (bicyclic) bond motifs is 10. The molecule has 402 valence electrons. The van der Waals surface area contributed by atoms with Gasteiger partial charge in [0.05, 0.1) is 16.7 Å². The zero-order chi connectivity index (χ0) is 70.4. The van der Waals surface area contributed by atoms with Gasteiger partial charge in [0.2, 0.25) is 0 Å². The van der Waals surface area contributed by atoms with E-state index in [-0.39, 0.29) is 110 Å². The molecule has 0 bridgehead atoms. The predicted molar refractivity (Wildman–Crippen MR) is 333 cm³/mol. The number of hydrogen-bond acceptors (Lipinski definition) is 2. The Morgan fingerprint density at radius 2 is 1.01 bits per heavy atom. The van der Waals surface area contributed by atoms with Crippen molar-refractivity contribution in [1.29, 1.82) is 0 Å². The summed E-state index contributed by atoms with van der Waals surface area (Å²) < 4.78 is 174. The van der Waals surface area contributed by atoms with Crippen LogP contribution in [0.25, 0.3) is 117 Å². The molecule has 3 aromatic heterocycles. The summed E-state index contributed by atoms with van der Waals surface area (Å²) in [5, 5.41) is 1.85. The first-order valence-corrected chi connectivity index (χ1v) is 26.5. The second kappa shape index (κ2) is 20.3. The molecule has 82 heavy (non-hydrogen) atoms. The van der Waals surface area contributed by atoms with E-state index in [0.717, 1.165) is 21.9 Å². The van der Waals surface area contributed by atoms with E-state index in [9.17, 15) is 8.22 Å². The Kier molecular flexibility index (Phi) is 8.84. The van der Waals surface area contributed by atoms with Gasteiger partial charge in [-0.05, 0) is 200 Å². The molecule has 13 aromatic rings. The summed E-state index contributed by atoms with van der Waals surface area (Å²) >= 11 is 0. The van der Waals surface area contributed by atoms with Crippen molar-refractivity contribution in [2.24, 2.45) is 0 Å². The fourth-order valence-corrected chi connectivity index (χ4v) is 11.7.